The summed E-state index contributed by atoms with van der Waals surface area (Å²) in [6.07, 6.45) is 0. The molecule has 0 atom stereocenters. The normalized spacial score (nSPS) is 9.72. The summed E-state index contributed by atoms with van der Waals surface area (Å²) in [6.45, 7) is 5.70. The van der Waals surface area contributed by atoms with E-state index in [9.17, 15) is 9.59 Å². The third kappa shape index (κ3) is 3.76. The number of amides is 1. The highest BCUT2D eigenvalue weighted by molar-refractivity contribution is 5.96. The number of carbonyl (C=O) groups excluding carboxylic acids is 2. The molecule has 18 heavy (non-hydrogen) atoms. The van der Waals surface area contributed by atoms with E-state index in [1.807, 2.05) is 6.92 Å². The average molecular weight is 251 g/mol. The Hall–Kier alpha value is -2.04. The molecule has 0 saturated carbocycles. The van der Waals surface area contributed by atoms with Gasteiger partial charge in [0.1, 0.15) is 11.3 Å². The number of nitrogens with one attached hydrogen (secondary N) is 1. The Morgan fingerprint density at radius 3 is 2.50 bits per heavy atom. The van der Waals surface area contributed by atoms with E-state index in [4.69, 9.17) is 9.47 Å². The molecule has 0 unspecified atom stereocenters. The molecular formula is C13H17NO4. The van der Waals surface area contributed by atoms with Crippen molar-refractivity contribution >= 4 is 17.6 Å². The fraction of sp³-hybridized carbons (Fsp3) is 0.385. The Labute approximate surface area is 106 Å². The number of ether oxygens (including phenoxy) is 2. The van der Waals surface area contributed by atoms with Crippen LogP contribution in [0.25, 0.3) is 0 Å². The highest BCUT2D eigenvalue weighted by atomic mass is 16.5. The van der Waals surface area contributed by atoms with Gasteiger partial charge in [-0.25, -0.2) is 4.79 Å². The smallest absolute Gasteiger partial charge is 0.341 e. The Kier molecular flexibility index (Phi) is 5.17. The summed E-state index contributed by atoms with van der Waals surface area (Å²) in [4.78, 5) is 22.7. The van der Waals surface area contributed by atoms with Gasteiger partial charge in [0, 0.05) is 12.6 Å². The van der Waals surface area contributed by atoms with Gasteiger partial charge in [-0.05, 0) is 32.0 Å². The lowest BCUT2D eigenvalue weighted by molar-refractivity contribution is -0.114. The van der Waals surface area contributed by atoms with Crippen molar-refractivity contribution in [3.63, 3.8) is 0 Å². The van der Waals surface area contributed by atoms with Gasteiger partial charge in [0.15, 0.2) is 0 Å². The summed E-state index contributed by atoms with van der Waals surface area (Å²) < 4.78 is 10.3. The van der Waals surface area contributed by atoms with Crippen LogP contribution < -0.4 is 10.1 Å². The third-order valence-corrected chi connectivity index (χ3v) is 2.10. The molecule has 0 saturated heterocycles. The highest BCUT2D eigenvalue weighted by Gasteiger charge is 2.14. The van der Waals surface area contributed by atoms with Crippen LogP contribution in [-0.2, 0) is 9.53 Å². The molecule has 1 rings (SSSR count). The monoisotopic (exact) mass is 251 g/mol. The number of anilines is 1. The van der Waals surface area contributed by atoms with Crippen LogP contribution in [0.3, 0.4) is 0 Å². The Bertz CT molecular complexity index is 443. The van der Waals surface area contributed by atoms with Crippen molar-refractivity contribution in [2.75, 3.05) is 18.5 Å². The molecule has 0 aliphatic rings. The average Bonchev–Trinajstić information content (AvgIpc) is 2.31. The van der Waals surface area contributed by atoms with Crippen LogP contribution in [0.2, 0.25) is 0 Å². The van der Waals surface area contributed by atoms with Gasteiger partial charge in [0.25, 0.3) is 0 Å². The summed E-state index contributed by atoms with van der Waals surface area (Å²) in [6, 6.07) is 4.86. The number of rotatable bonds is 5. The topological polar surface area (TPSA) is 64.6 Å². The largest absolute Gasteiger partial charge is 0.493 e. The van der Waals surface area contributed by atoms with Crippen molar-refractivity contribution in [2.45, 2.75) is 20.8 Å². The fourth-order valence-corrected chi connectivity index (χ4v) is 1.46. The first kappa shape index (κ1) is 14.0. The van der Waals surface area contributed by atoms with Crippen LogP contribution in [-0.4, -0.2) is 25.1 Å². The highest BCUT2D eigenvalue weighted by Crippen LogP contribution is 2.24. The van der Waals surface area contributed by atoms with Crippen LogP contribution in [0.1, 0.15) is 31.1 Å². The predicted octanol–water partition coefficient (Wildman–Crippen LogP) is 2.22. The van der Waals surface area contributed by atoms with E-state index < -0.39 is 5.97 Å². The molecular weight excluding hydrogens is 234 g/mol. The first-order valence-corrected chi connectivity index (χ1v) is 5.80. The maximum Gasteiger partial charge on any atom is 0.341 e. The summed E-state index contributed by atoms with van der Waals surface area (Å²) in [5.41, 5.74) is 0.846. The van der Waals surface area contributed by atoms with E-state index >= 15 is 0 Å². The van der Waals surface area contributed by atoms with Gasteiger partial charge < -0.3 is 14.8 Å². The SMILES string of the molecule is CCOC(=O)c1cc(NC(C)=O)ccc1OCC. The zero-order valence-corrected chi connectivity index (χ0v) is 10.8. The van der Waals surface area contributed by atoms with Gasteiger partial charge in [-0.1, -0.05) is 0 Å². The van der Waals surface area contributed by atoms with E-state index in [0.717, 1.165) is 0 Å². The second-order valence-electron chi connectivity index (χ2n) is 3.55. The minimum Gasteiger partial charge on any atom is -0.493 e. The van der Waals surface area contributed by atoms with Crippen molar-refractivity contribution in [1.82, 2.24) is 0 Å². The second kappa shape index (κ2) is 6.64. The van der Waals surface area contributed by atoms with Crippen LogP contribution in [0.5, 0.6) is 5.75 Å². The Morgan fingerprint density at radius 1 is 1.22 bits per heavy atom. The number of hydrogen-bond donors (Lipinski definition) is 1. The molecule has 0 aliphatic carbocycles. The summed E-state index contributed by atoms with van der Waals surface area (Å²) in [5, 5.41) is 2.61. The molecule has 0 aliphatic heterocycles. The number of hydrogen-bond acceptors (Lipinski definition) is 4. The molecule has 1 aromatic rings. The molecule has 0 aromatic heterocycles. The second-order valence-corrected chi connectivity index (χ2v) is 3.55. The molecule has 5 nitrogen and oxygen atoms in total. The number of esters is 1. The van der Waals surface area contributed by atoms with Gasteiger partial charge in [-0.3, -0.25) is 4.79 Å². The summed E-state index contributed by atoms with van der Waals surface area (Å²) >= 11 is 0. The third-order valence-electron chi connectivity index (χ3n) is 2.10. The lowest BCUT2D eigenvalue weighted by atomic mass is 10.1. The van der Waals surface area contributed by atoms with Crippen molar-refractivity contribution in [3.05, 3.63) is 23.8 Å². The molecule has 0 spiro atoms. The molecule has 5 heteroatoms. The predicted molar refractivity (Wildman–Crippen MR) is 67.9 cm³/mol. The zero-order chi connectivity index (χ0) is 13.5. The van der Waals surface area contributed by atoms with Gasteiger partial charge in [-0.2, -0.15) is 0 Å². The van der Waals surface area contributed by atoms with Crippen molar-refractivity contribution in [3.8, 4) is 5.75 Å². The number of benzene rings is 1. The Morgan fingerprint density at radius 2 is 1.94 bits per heavy atom. The quantitative estimate of drug-likeness (QED) is 0.815. The molecule has 1 N–H and O–H groups in total. The van der Waals surface area contributed by atoms with Crippen LogP contribution >= 0.6 is 0 Å². The lowest BCUT2D eigenvalue weighted by Crippen LogP contribution is -2.10. The van der Waals surface area contributed by atoms with E-state index in [2.05, 4.69) is 5.32 Å². The minimum absolute atomic E-state index is 0.200. The first-order valence-electron chi connectivity index (χ1n) is 5.80. The maximum atomic E-state index is 11.8. The molecule has 1 amide bonds. The number of carbonyl (C=O) groups is 2. The lowest BCUT2D eigenvalue weighted by Gasteiger charge is -2.11. The van der Waals surface area contributed by atoms with Crippen LogP contribution in [0.4, 0.5) is 5.69 Å². The molecule has 0 fully saturated rings. The van der Waals surface area contributed by atoms with Crippen LogP contribution in [0.15, 0.2) is 18.2 Å². The van der Waals surface area contributed by atoms with E-state index in [1.54, 1.807) is 25.1 Å². The minimum atomic E-state index is -0.465. The van der Waals surface area contributed by atoms with Gasteiger partial charge in [0.05, 0.1) is 13.2 Å². The van der Waals surface area contributed by atoms with Gasteiger partial charge in [0.2, 0.25) is 5.91 Å². The first-order chi connectivity index (χ1) is 8.58. The van der Waals surface area contributed by atoms with Gasteiger partial charge >= 0.3 is 5.97 Å². The van der Waals surface area contributed by atoms with E-state index in [1.165, 1.54) is 6.92 Å². The van der Waals surface area contributed by atoms with E-state index in [-0.39, 0.29) is 12.5 Å². The Balaban J connectivity index is 3.06. The van der Waals surface area contributed by atoms with Crippen molar-refractivity contribution < 1.29 is 19.1 Å². The van der Waals surface area contributed by atoms with Crippen molar-refractivity contribution in [2.24, 2.45) is 0 Å². The molecule has 0 radical (unpaired) electrons. The zero-order valence-electron chi connectivity index (χ0n) is 10.8. The molecule has 0 bridgehead atoms. The summed E-state index contributed by atoms with van der Waals surface area (Å²) in [5.74, 6) is -0.216. The standard InChI is InChI=1S/C13H17NO4/c1-4-17-12-7-6-10(14-9(3)15)8-11(12)13(16)18-5-2/h6-8H,4-5H2,1-3H3,(H,14,15). The van der Waals surface area contributed by atoms with Gasteiger partial charge in [-0.15, -0.1) is 0 Å². The van der Waals surface area contributed by atoms with E-state index in [0.29, 0.717) is 23.6 Å². The molecule has 1 aromatic carbocycles. The molecule has 98 valence electrons. The van der Waals surface area contributed by atoms with Crippen LogP contribution in [0, 0.1) is 0 Å². The summed E-state index contributed by atoms with van der Waals surface area (Å²) in [7, 11) is 0. The van der Waals surface area contributed by atoms with Crippen molar-refractivity contribution in [1.29, 1.82) is 0 Å². The molecule has 0 heterocycles. The maximum absolute atomic E-state index is 11.8. The fourth-order valence-electron chi connectivity index (χ4n) is 1.46.